The van der Waals surface area contributed by atoms with Crippen LogP contribution in [0.25, 0.3) is 16.9 Å². The third-order valence-electron chi connectivity index (χ3n) is 6.84. The number of carbonyl (C=O) groups excluding carboxylic acids is 1. The topological polar surface area (TPSA) is 77.1 Å². The Labute approximate surface area is 237 Å². The van der Waals surface area contributed by atoms with Crippen molar-refractivity contribution in [2.24, 2.45) is 0 Å². The molecule has 1 amide bonds. The Hall–Kier alpha value is -4.25. The molecule has 5 rings (SSSR count). The maximum atomic E-state index is 14.0. The molecule has 0 aliphatic heterocycles. The maximum absolute atomic E-state index is 14.0. The Morgan fingerprint density at radius 3 is 2.41 bits per heavy atom. The van der Waals surface area contributed by atoms with Gasteiger partial charge in [0, 0.05) is 10.6 Å². The number of anilines is 1. The number of amides is 1. The highest BCUT2D eigenvalue weighted by molar-refractivity contribution is 6.31. The van der Waals surface area contributed by atoms with Crippen LogP contribution in [0, 0.1) is 19.7 Å². The van der Waals surface area contributed by atoms with Gasteiger partial charge in [0.1, 0.15) is 11.4 Å². The van der Waals surface area contributed by atoms with Crippen molar-refractivity contribution >= 4 is 28.8 Å². The van der Waals surface area contributed by atoms with Gasteiger partial charge in [-0.2, -0.15) is 23.4 Å². The predicted octanol–water partition coefficient (Wildman–Crippen LogP) is 7.44. The molecular formula is C29H25ClF4N6O. The standard InChI is InChI=1S/C29H25ClF4N6O/c1-15(2)18-5-7-19(8-6-18)24-12-25(29(32,33)34)40-27(36-24)22(13-35-40)28(41)37-26-16(3)38-39(17(26)4)14-20-9-10-21(31)11-23(20)30/h5-13,15H,14H2,1-4H3,(H,37,41). The lowest BCUT2D eigenvalue weighted by Crippen LogP contribution is -2.16. The number of hydrogen-bond donors (Lipinski definition) is 1. The SMILES string of the molecule is Cc1nn(Cc2ccc(F)cc2Cl)c(C)c1NC(=O)c1cnn2c(C(F)(F)F)cc(-c3ccc(C(C)C)cc3)nc12. The molecule has 41 heavy (non-hydrogen) atoms. The maximum Gasteiger partial charge on any atom is 0.433 e. The summed E-state index contributed by atoms with van der Waals surface area (Å²) in [6.45, 7) is 7.66. The quantitative estimate of drug-likeness (QED) is 0.210. The molecule has 1 N–H and O–H groups in total. The second-order valence-corrected chi connectivity index (χ2v) is 10.4. The van der Waals surface area contributed by atoms with Crippen molar-refractivity contribution in [3.05, 3.63) is 99.3 Å². The van der Waals surface area contributed by atoms with E-state index in [0.717, 1.165) is 17.8 Å². The van der Waals surface area contributed by atoms with Gasteiger partial charge in [-0.1, -0.05) is 55.8 Å². The normalized spacial score (nSPS) is 12.0. The van der Waals surface area contributed by atoms with Gasteiger partial charge in [0.25, 0.3) is 5.91 Å². The highest BCUT2D eigenvalue weighted by atomic mass is 35.5. The third-order valence-corrected chi connectivity index (χ3v) is 7.19. The molecule has 3 aromatic heterocycles. The van der Waals surface area contributed by atoms with E-state index in [1.54, 1.807) is 36.7 Å². The molecule has 212 valence electrons. The number of halogens is 5. The van der Waals surface area contributed by atoms with Crippen molar-refractivity contribution in [1.82, 2.24) is 24.4 Å². The molecule has 0 saturated carbocycles. The second-order valence-electron chi connectivity index (χ2n) is 9.99. The number of benzene rings is 2. The number of aryl methyl sites for hydroxylation is 1. The first kappa shape index (κ1) is 28.3. The number of alkyl halides is 3. The molecule has 0 radical (unpaired) electrons. The highest BCUT2D eigenvalue weighted by Crippen LogP contribution is 2.33. The fourth-order valence-electron chi connectivity index (χ4n) is 4.54. The number of fused-ring (bicyclic) bond motifs is 1. The average Bonchev–Trinajstić information content (AvgIpc) is 3.45. The van der Waals surface area contributed by atoms with Crippen LogP contribution in [0.15, 0.2) is 54.7 Å². The summed E-state index contributed by atoms with van der Waals surface area (Å²) in [6, 6.07) is 12.0. The Morgan fingerprint density at radius 1 is 1.07 bits per heavy atom. The molecular weight excluding hydrogens is 560 g/mol. The van der Waals surface area contributed by atoms with E-state index in [2.05, 4.69) is 20.5 Å². The van der Waals surface area contributed by atoms with E-state index in [4.69, 9.17) is 11.6 Å². The number of aromatic nitrogens is 5. The Morgan fingerprint density at radius 2 is 1.78 bits per heavy atom. The van der Waals surface area contributed by atoms with E-state index >= 15 is 0 Å². The Bertz CT molecular complexity index is 1770. The molecule has 7 nitrogen and oxygen atoms in total. The molecule has 0 saturated heterocycles. The van der Waals surface area contributed by atoms with E-state index in [0.29, 0.717) is 32.7 Å². The lowest BCUT2D eigenvalue weighted by molar-refractivity contribution is -0.142. The summed E-state index contributed by atoms with van der Waals surface area (Å²) < 4.78 is 57.8. The van der Waals surface area contributed by atoms with Crippen molar-refractivity contribution in [2.75, 3.05) is 5.32 Å². The highest BCUT2D eigenvalue weighted by Gasteiger charge is 2.36. The Kier molecular flexibility index (Phi) is 7.33. The van der Waals surface area contributed by atoms with E-state index in [-0.39, 0.29) is 34.4 Å². The number of rotatable bonds is 6. The van der Waals surface area contributed by atoms with Crippen LogP contribution in [0.2, 0.25) is 5.02 Å². The van der Waals surface area contributed by atoms with Crippen molar-refractivity contribution in [3.63, 3.8) is 0 Å². The summed E-state index contributed by atoms with van der Waals surface area (Å²) >= 11 is 6.16. The van der Waals surface area contributed by atoms with Crippen LogP contribution in [0.5, 0.6) is 0 Å². The molecule has 0 aliphatic rings. The van der Waals surface area contributed by atoms with Crippen LogP contribution in [0.4, 0.5) is 23.2 Å². The van der Waals surface area contributed by atoms with Gasteiger partial charge in [0.05, 0.1) is 35.5 Å². The lowest BCUT2D eigenvalue weighted by Gasteiger charge is -2.12. The molecule has 0 unspecified atom stereocenters. The van der Waals surface area contributed by atoms with Gasteiger partial charge >= 0.3 is 6.18 Å². The zero-order valence-electron chi connectivity index (χ0n) is 22.5. The molecule has 0 fully saturated rings. The molecule has 12 heteroatoms. The van der Waals surface area contributed by atoms with Gasteiger partial charge < -0.3 is 5.32 Å². The fraction of sp³-hybridized carbons (Fsp3) is 0.241. The third kappa shape index (κ3) is 5.54. The zero-order chi connectivity index (χ0) is 29.6. The molecule has 0 aliphatic carbocycles. The minimum Gasteiger partial charge on any atom is -0.319 e. The first-order valence-corrected chi connectivity index (χ1v) is 13.1. The van der Waals surface area contributed by atoms with Gasteiger partial charge in [-0.25, -0.2) is 13.9 Å². The minimum atomic E-state index is -4.75. The number of hydrogen-bond acceptors (Lipinski definition) is 4. The van der Waals surface area contributed by atoms with Crippen molar-refractivity contribution in [3.8, 4) is 11.3 Å². The zero-order valence-corrected chi connectivity index (χ0v) is 23.3. The van der Waals surface area contributed by atoms with Crippen LogP contribution in [-0.2, 0) is 12.7 Å². The van der Waals surface area contributed by atoms with Crippen LogP contribution < -0.4 is 5.32 Å². The van der Waals surface area contributed by atoms with E-state index in [9.17, 15) is 22.4 Å². The number of nitrogens with zero attached hydrogens (tertiary/aromatic N) is 5. The van der Waals surface area contributed by atoms with Gasteiger partial charge in [0.15, 0.2) is 11.3 Å². The molecule has 5 aromatic rings. The van der Waals surface area contributed by atoms with Gasteiger partial charge in [-0.15, -0.1) is 0 Å². The smallest absolute Gasteiger partial charge is 0.319 e. The van der Waals surface area contributed by atoms with Crippen LogP contribution in [0.1, 0.15) is 58.3 Å². The van der Waals surface area contributed by atoms with E-state index < -0.39 is 23.6 Å². The largest absolute Gasteiger partial charge is 0.433 e. The second kappa shape index (κ2) is 10.6. The monoisotopic (exact) mass is 584 g/mol. The molecule has 2 aromatic carbocycles. The molecule has 0 bridgehead atoms. The minimum absolute atomic E-state index is 0.0611. The lowest BCUT2D eigenvalue weighted by atomic mass is 10.0. The van der Waals surface area contributed by atoms with Crippen molar-refractivity contribution < 1.29 is 22.4 Å². The van der Waals surface area contributed by atoms with Crippen LogP contribution in [0.3, 0.4) is 0 Å². The van der Waals surface area contributed by atoms with E-state index in [1.165, 1.54) is 12.1 Å². The Balaban J connectivity index is 1.51. The molecule has 0 spiro atoms. The van der Waals surface area contributed by atoms with E-state index in [1.807, 2.05) is 26.0 Å². The first-order valence-electron chi connectivity index (χ1n) is 12.7. The van der Waals surface area contributed by atoms with Crippen molar-refractivity contribution in [1.29, 1.82) is 0 Å². The summed E-state index contributed by atoms with van der Waals surface area (Å²) in [6.07, 6.45) is -3.69. The number of nitrogens with one attached hydrogen (secondary N) is 1. The molecule has 0 atom stereocenters. The van der Waals surface area contributed by atoms with Gasteiger partial charge in [0.2, 0.25) is 0 Å². The molecule has 3 heterocycles. The van der Waals surface area contributed by atoms with Gasteiger partial charge in [-0.3, -0.25) is 9.48 Å². The average molecular weight is 585 g/mol. The summed E-state index contributed by atoms with van der Waals surface area (Å²) in [5.41, 5.74) is 2.19. The first-order chi connectivity index (χ1) is 19.3. The van der Waals surface area contributed by atoms with Crippen molar-refractivity contribution in [2.45, 2.75) is 46.3 Å². The van der Waals surface area contributed by atoms with Crippen LogP contribution >= 0.6 is 11.6 Å². The summed E-state index contributed by atoms with van der Waals surface area (Å²) in [5.74, 6) is -0.913. The summed E-state index contributed by atoms with van der Waals surface area (Å²) in [4.78, 5) is 17.8. The van der Waals surface area contributed by atoms with Crippen LogP contribution in [-0.4, -0.2) is 30.3 Å². The summed E-state index contributed by atoms with van der Waals surface area (Å²) in [5, 5.41) is 11.3. The predicted molar refractivity (Wildman–Crippen MR) is 148 cm³/mol. The fourth-order valence-corrected chi connectivity index (χ4v) is 4.76. The number of carbonyl (C=O) groups is 1. The van der Waals surface area contributed by atoms with Gasteiger partial charge in [-0.05, 0) is 49.1 Å². The summed E-state index contributed by atoms with van der Waals surface area (Å²) in [7, 11) is 0.